The number of rotatable bonds is 4. The number of hydrogen-bond donors (Lipinski definition) is 1. The highest BCUT2D eigenvalue weighted by atomic mass is 15.2. The van der Waals surface area contributed by atoms with E-state index in [2.05, 4.69) is 17.3 Å². The first-order valence-electron chi connectivity index (χ1n) is 9.23. The number of likely N-dealkylation sites (tertiary alicyclic amines) is 1. The molecule has 0 aromatic rings. The van der Waals surface area contributed by atoms with Crippen LogP contribution in [-0.4, -0.2) is 37.1 Å². The van der Waals surface area contributed by atoms with E-state index < -0.39 is 0 Å². The first-order chi connectivity index (χ1) is 9.83. The third-order valence-corrected chi connectivity index (χ3v) is 6.55. The molecule has 2 aliphatic carbocycles. The second-order valence-corrected chi connectivity index (χ2v) is 7.72. The fourth-order valence-corrected chi connectivity index (χ4v) is 5.30. The average molecular weight is 278 g/mol. The van der Waals surface area contributed by atoms with Crippen LogP contribution in [0.1, 0.15) is 77.0 Å². The lowest BCUT2D eigenvalue weighted by atomic mass is 9.70. The van der Waals surface area contributed by atoms with Crippen molar-refractivity contribution in [3.05, 3.63) is 0 Å². The van der Waals surface area contributed by atoms with Crippen LogP contribution in [0.3, 0.4) is 0 Å². The normalized spacial score (nSPS) is 31.9. The van der Waals surface area contributed by atoms with Crippen LogP contribution in [0.5, 0.6) is 0 Å². The Kier molecular flexibility index (Phi) is 5.04. The predicted octanol–water partition coefficient (Wildman–Crippen LogP) is 3.95. The molecule has 2 nitrogen and oxygen atoms in total. The fraction of sp³-hybridized carbons (Fsp3) is 1.00. The van der Waals surface area contributed by atoms with Crippen molar-refractivity contribution in [2.75, 3.05) is 20.1 Å². The Morgan fingerprint density at radius 2 is 1.70 bits per heavy atom. The van der Waals surface area contributed by atoms with Gasteiger partial charge in [-0.1, -0.05) is 19.3 Å². The van der Waals surface area contributed by atoms with Crippen LogP contribution in [0.25, 0.3) is 0 Å². The molecule has 3 fully saturated rings. The van der Waals surface area contributed by atoms with E-state index in [1.165, 1.54) is 77.3 Å². The van der Waals surface area contributed by atoms with Gasteiger partial charge >= 0.3 is 0 Å². The van der Waals surface area contributed by atoms with E-state index in [-0.39, 0.29) is 0 Å². The zero-order valence-corrected chi connectivity index (χ0v) is 13.5. The molecule has 1 unspecified atom stereocenters. The minimum absolute atomic E-state index is 0.798. The van der Waals surface area contributed by atoms with E-state index >= 15 is 0 Å². The molecule has 0 aromatic heterocycles. The maximum absolute atomic E-state index is 3.35. The van der Waals surface area contributed by atoms with Crippen molar-refractivity contribution in [1.82, 2.24) is 10.2 Å². The molecule has 0 radical (unpaired) electrons. The molecule has 1 heterocycles. The summed E-state index contributed by atoms with van der Waals surface area (Å²) in [6.45, 7) is 2.57. The van der Waals surface area contributed by atoms with Crippen molar-refractivity contribution in [2.24, 2.45) is 5.41 Å². The van der Waals surface area contributed by atoms with Crippen molar-refractivity contribution in [1.29, 1.82) is 0 Å². The lowest BCUT2D eigenvalue weighted by Crippen LogP contribution is -2.49. The van der Waals surface area contributed by atoms with Gasteiger partial charge in [0.15, 0.2) is 0 Å². The van der Waals surface area contributed by atoms with Crippen molar-refractivity contribution in [3.63, 3.8) is 0 Å². The van der Waals surface area contributed by atoms with E-state index in [4.69, 9.17) is 0 Å². The molecule has 1 aliphatic heterocycles. The molecule has 1 saturated heterocycles. The Balaban J connectivity index is 1.54. The Morgan fingerprint density at radius 3 is 2.40 bits per heavy atom. The Morgan fingerprint density at radius 1 is 0.950 bits per heavy atom. The van der Waals surface area contributed by atoms with Gasteiger partial charge in [0, 0.05) is 12.1 Å². The quantitative estimate of drug-likeness (QED) is 0.837. The van der Waals surface area contributed by atoms with Gasteiger partial charge in [0.1, 0.15) is 0 Å². The molecule has 0 aromatic carbocycles. The molecule has 2 saturated carbocycles. The predicted molar refractivity (Wildman–Crippen MR) is 86.0 cm³/mol. The first-order valence-corrected chi connectivity index (χ1v) is 9.23. The maximum Gasteiger partial charge on any atom is 0.0110 e. The SMILES string of the molecule is CNCCC1CCCCN1C1CCC2(CCCC2)CC1. The molecular formula is C18H34N2. The molecule has 1 atom stereocenters. The van der Waals surface area contributed by atoms with Gasteiger partial charge in [-0.25, -0.2) is 0 Å². The summed E-state index contributed by atoms with van der Waals surface area (Å²) in [7, 11) is 2.09. The molecule has 0 bridgehead atoms. The van der Waals surface area contributed by atoms with E-state index in [0.29, 0.717) is 0 Å². The van der Waals surface area contributed by atoms with Gasteiger partial charge in [0.25, 0.3) is 0 Å². The molecule has 116 valence electrons. The smallest absolute Gasteiger partial charge is 0.0110 e. The lowest BCUT2D eigenvalue weighted by Gasteiger charge is -2.46. The summed E-state index contributed by atoms with van der Waals surface area (Å²) >= 11 is 0. The second kappa shape index (κ2) is 6.79. The molecule has 3 aliphatic rings. The van der Waals surface area contributed by atoms with Crippen molar-refractivity contribution in [2.45, 2.75) is 89.1 Å². The summed E-state index contributed by atoms with van der Waals surface area (Å²) in [5.74, 6) is 0. The number of piperidine rings is 1. The third-order valence-electron chi connectivity index (χ3n) is 6.55. The second-order valence-electron chi connectivity index (χ2n) is 7.72. The van der Waals surface area contributed by atoms with Crippen LogP contribution in [0.2, 0.25) is 0 Å². The van der Waals surface area contributed by atoms with Gasteiger partial charge in [-0.15, -0.1) is 0 Å². The largest absolute Gasteiger partial charge is 0.320 e. The Hall–Kier alpha value is -0.0800. The fourth-order valence-electron chi connectivity index (χ4n) is 5.30. The molecular weight excluding hydrogens is 244 g/mol. The molecule has 1 N–H and O–H groups in total. The van der Waals surface area contributed by atoms with Gasteiger partial charge < -0.3 is 5.32 Å². The highest BCUT2D eigenvalue weighted by molar-refractivity contribution is 4.94. The zero-order valence-electron chi connectivity index (χ0n) is 13.5. The highest BCUT2D eigenvalue weighted by Gasteiger charge is 2.40. The summed E-state index contributed by atoms with van der Waals surface area (Å²) in [5, 5.41) is 3.35. The third kappa shape index (κ3) is 3.22. The summed E-state index contributed by atoms with van der Waals surface area (Å²) in [4.78, 5) is 2.92. The minimum atomic E-state index is 0.798. The molecule has 3 rings (SSSR count). The van der Waals surface area contributed by atoms with Gasteiger partial charge in [0.05, 0.1) is 0 Å². The first kappa shape index (κ1) is 14.8. The van der Waals surface area contributed by atoms with E-state index in [1.54, 1.807) is 12.8 Å². The lowest BCUT2D eigenvalue weighted by molar-refractivity contribution is 0.0374. The van der Waals surface area contributed by atoms with E-state index in [0.717, 1.165) is 17.5 Å². The zero-order chi connectivity index (χ0) is 13.8. The van der Waals surface area contributed by atoms with Crippen LogP contribution in [0.4, 0.5) is 0 Å². The minimum Gasteiger partial charge on any atom is -0.320 e. The Labute approximate surface area is 125 Å². The summed E-state index contributed by atoms with van der Waals surface area (Å²) in [5.41, 5.74) is 0.798. The van der Waals surface area contributed by atoms with Crippen LogP contribution in [-0.2, 0) is 0 Å². The average Bonchev–Trinajstić information content (AvgIpc) is 2.95. The molecule has 0 amide bonds. The standard InChI is InChI=1S/C18H34N2/c1-19-14-9-16-6-2-5-15-20(16)17-7-12-18(13-8-17)10-3-4-11-18/h16-17,19H,2-15H2,1H3. The summed E-state index contributed by atoms with van der Waals surface area (Å²) in [6.07, 6.45) is 17.9. The van der Waals surface area contributed by atoms with Gasteiger partial charge in [-0.05, 0) is 83.3 Å². The van der Waals surface area contributed by atoms with Gasteiger partial charge in [-0.3, -0.25) is 4.90 Å². The maximum atomic E-state index is 3.35. The number of nitrogens with zero attached hydrogens (tertiary/aromatic N) is 1. The molecule has 1 spiro atoms. The van der Waals surface area contributed by atoms with Crippen LogP contribution >= 0.6 is 0 Å². The summed E-state index contributed by atoms with van der Waals surface area (Å²) < 4.78 is 0. The van der Waals surface area contributed by atoms with Crippen LogP contribution in [0, 0.1) is 5.41 Å². The van der Waals surface area contributed by atoms with E-state index in [9.17, 15) is 0 Å². The van der Waals surface area contributed by atoms with Crippen molar-refractivity contribution < 1.29 is 0 Å². The highest BCUT2D eigenvalue weighted by Crippen LogP contribution is 2.50. The monoisotopic (exact) mass is 278 g/mol. The number of nitrogens with one attached hydrogen (secondary N) is 1. The number of hydrogen-bond acceptors (Lipinski definition) is 2. The Bertz CT molecular complexity index is 286. The van der Waals surface area contributed by atoms with Crippen LogP contribution in [0.15, 0.2) is 0 Å². The topological polar surface area (TPSA) is 15.3 Å². The van der Waals surface area contributed by atoms with E-state index in [1.807, 2.05) is 0 Å². The van der Waals surface area contributed by atoms with Gasteiger partial charge in [0.2, 0.25) is 0 Å². The summed E-state index contributed by atoms with van der Waals surface area (Å²) in [6, 6.07) is 1.79. The van der Waals surface area contributed by atoms with Gasteiger partial charge in [-0.2, -0.15) is 0 Å². The van der Waals surface area contributed by atoms with Crippen molar-refractivity contribution in [3.8, 4) is 0 Å². The molecule has 20 heavy (non-hydrogen) atoms. The molecule has 2 heteroatoms. The van der Waals surface area contributed by atoms with Crippen molar-refractivity contribution >= 4 is 0 Å². The van der Waals surface area contributed by atoms with Crippen LogP contribution < -0.4 is 5.32 Å².